The number of ether oxygens (including phenoxy) is 2. The highest BCUT2D eigenvalue weighted by Crippen LogP contribution is 2.13. The van der Waals surface area contributed by atoms with Gasteiger partial charge in [-0.2, -0.15) is 0 Å². The van der Waals surface area contributed by atoms with Crippen molar-refractivity contribution in [2.75, 3.05) is 6.61 Å². The average Bonchev–Trinajstić information content (AvgIpc) is 2.56. The molecule has 5 heteroatoms. The van der Waals surface area contributed by atoms with E-state index in [-0.39, 0.29) is 17.6 Å². The van der Waals surface area contributed by atoms with Gasteiger partial charge in [-0.15, -0.1) is 0 Å². The maximum absolute atomic E-state index is 10.0. The van der Waals surface area contributed by atoms with Crippen LogP contribution in [0, 0.1) is 0 Å². The minimum atomic E-state index is -0.549. The summed E-state index contributed by atoms with van der Waals surface area (Å²) < 4.78 is 8.90. The molecule has 0 saturated carbocycles. The first-order chi connectivity index (χ1) is 7.08. The van der Waals surface area contributed by atoms with E-state index in [1.165, 1.54) is 24.3 Å². The van der Waals surface area contributed by atoms with Crippen LogP contribution in [-0.2, 0) is 9.47 Å². The molecule has 0 aliphatic carbocycles. The summed E-state index contributed by atoms with van der Waals surface area (Å²) in [5.74, 6) is 0.339. The standard InChI is InChI=1S/C6H6O2.C4H6O3/c7-5-1-2-6(8)4-3-5;1-3-2-6-4(5)7-3/h1-4,7-8H;3H,2H2,1H3. The zero-order valence-corrected chi connectivity index (χ0v) is 8.21. The van der Waals surface area contributed by atoms with Gasteiger partial charge in [0.25, 0.3) is 0 Å². The Balaban J connectivity index is 0.000000151. The third-order valence-corrected chi connectivity index (χ3v) is 1.58. The van der Waals surface area contributed by atoms with E-state index in [2.05, 4.69) is 9.47 Å². The maximum Gasteiger partial charge on any atom is 0.508 e. The van der Waals surface area contributed by atoms with E-state index < -0.39 is 6.16 Å². The van der Waals surface area contributed by atoms with Crippen LogP contribution in [0.1, 0.15) is 6.92 Å². The van der Waals surface area contributed by atoms with Crippen molar-refractivity contribution in [2.45, 2.75) is 13.0 Å². The Hall–Kier alpha value is -1.91. The van der Waals surface area contributed by atoms with Gasteiger partial charge in [0, 0.05) is 0 Å². The fourth-order valence-electron chi connectivity index (χ4n) is 0.870. The second kappa shape index (κ2) is 5.09. The Labute approximate surface area is 86.9 Å². The number of phenols is 2. The molecule has 5 nitrogen and oxygen atoms in total. The first-order valence-corrected chi connectivity index (χ1v) is 4.39. The lowest BCUT2D eigenvalue weighted by Gasteiger charge is -1.90. The van der Waals surface area contributed by atoms with Crippen LogP contribution in [0.5, 0.6) is 11.5 Å². The monoisotopic (exact) mass is 212 g/mol. The van der Waals surface area contributed by atoms with Crippen LogP contribution in [0.3, 0.4) is 0 Å². The molecule has 1 heterocycles. The molecule has 0 amide bonds. The Kier molecular flexibility index (Phi) is 3.79. The fraction of sp³-hybridized carbons (Fsp3) is 0.300. The van der Waals surface area contributed by atoms with Gasteiger partial charge in [-0.3, -0.25) is 0 Å². The van der Waals surface area contributed by atoms with E-state index in [9.17, 15) is 4.79 Å². The molecule has 0 bridgehead atoms. The fourth-order valence-corrected chi connectivity index (χ4v) is 0.870. The first-order valence-electron chi connectivity index (χ1n) is 4.39. The third kappa shape index (κ3) is 4.21. The predicted molar refractivity (Wildman–Crippen MR) is 51.7 cm³/mol. The van der Waals surface area contributed by atoms with Crippen LogP contribution in [-0.4, -0.2) is 29.1 Å². The van der Waals surface area contributed by atoms with Crippen molar-refractivity contribution in [1.29, 1.82) is 0 Å². The summed E-state index contributed by atoms with van der Waals surface area (Å²) in [5, 5.41) is 17.3. The molecular formula is C10H12O5. The molecule has 2 rings (SSSR count). The van der Waals surface area contributed by atoms with E-state index in [1.807, 2.05) is 0 Å². The average molecular weight is 212 g/mol. The van der Waals surface area contributed by atoms with Crippen LogP contribution in [0.2, 0.25) is 0 Å². The largest absolute Gasteiger partial charge is 0.508 e. The number of carbonyl (C=O) groups excluding carboxylic acids is 1. The Bertz CT molecular complexity index is 298. The van der Waals surface area contributed by atoms with Gasteiger partial charge in [-0.1, -0.05) is 0 Å². The highest BCUT2D eigenvalue weighted by atomic mass is 16.8. The van der Waals surface area contributed by atoms with E-state index in [0.717, 1.165) is 0 Å². The lowest BCUT2D eigenvalue weighted by molar-refractivity contribution is 0.121. The summed E-state index contributed by atoms with van der Waals surface area (Å²) in [4.78, 5) is 10.0. The van der Waals surface area contributed by atoms with Gasteiger partial charge in [0.05, 0.1) is 0 Å². The molecule has 1 unspecified atom stereocenters. The molecule has 1 aromatic rings. The molecule has 0 spiro atoms. The van der Waals surface area contributed by atoms with Crippen molar-refractivity contribution in [2.24, 2.45) is 0 Å². The number of rotatable bonds is 0. The summed E-state index contributed by atoms with van der Waals surface area (Å²) in [6.45, 7) is 2.18. The van der Waals surface area contributed by atoms with Crippen molar-refractivity contribution in [1.82, 2.24) is 0 Å². The number of carbonyl (C=O) groups is 1. The Morgan fingerprint density at radius 3 is 1.87 bits per heavy atom. The minimum absolute atomic E-state index is 0.0486. The van der Waals surface area contributed by atoms with Gasteiger partial charge < -0.3 is 19.7 Å². The number of hydrogen-bond donors (Lipinski definition) is 2. The predicted octanol–water partition coefficient (Wildman–Crippen LogP) is 1.64. The van der Waals surface area contributed by atoms with Gasteiger partial charge in [-0.25, -0.2) is 4.79 Å². The molecule has 82 valence electrons. The number of benzene rings is 1. The molecule has 1 aliphatic rings. The molecule has 1 atom stereocenters. The quantitative estimate of drug-likeness (QED) is 0.505. The van der Waals surface area contributed by atoms with Gasteiger partial charge >= 0.3 is 6.16 Å². The van der Waals surface area contributed by atoms with Crippen molar-refractivity contribution < 1.29 is 24.5 Å². The molecule has 0 radical (unpaired) electrons. The number of cyclic esters (lactones) is 2. The second-order valence-corrected chi connectivity index (χ2v) is 3.01. The highest BCUT2D eigenvalue weighted by Gasteiger charge is 2.19. The third-order valence-electron chi connectivity index (χ3n) is 1.58. The smallest absolute Gasteiger partial charge is 0.508 e. The lowest BCUT2D eigenvalue weighted by atomic mass is 10.3. The van der Waals surface area contributed by atoms with E-state index in [0.29, 0.717) is 6.61 Å². The van der Waals surface area contributed by atoms with Gasteiger partial charge in [-0.05, 0) is 31.2 Å². The van der Waals surface area contributed by atoms with Crippen molar-refractivity contribution in [3.63, 3.8) is 0 Å². The first kappa shape index (κ1) is 11.2. The lowest BCUT2D eigenvalue weighted by Crippen LogP contribution is -2.01. The summed E-state index contributed by atoms with van der Waals surface area (Å²) >= 11 is 0. The SMILES string of the molecule is CC1COC(=O)O1.Oc1ccc(O)cc1. The topological polar surface area (TPSA) is 76.0 Å². The van der Waals surface area contributed by atoms with Crippen LogP contribution in [0.4, 0.5) is 4.79 Å². The minimum Gasteiger partial charge on any atom is -0.508 e. The van der Waals surface area contributed by atoms with E-state index >= 15 is 0 Å². The Morgan fingerprint density at radius 2 is 1.67 bits per heavy atom. The molecule has 1 saturated heterocycles. The molecule has 1 fully saturated rings. The van der Waals surface area contributed by atoms with Gasteiger partial charge in [0.15, 0.2) is 0 Å². The summed E-state index contributed by atoms with van der Waals surface area (Å²) in [7, 11) is 0. The number of hydrogen-bond acceptors (Lipinski definition) is 5. The van der Waals surface area contributed by atoms with E-state index in [1.54, 1.807) is 6.92 Å². The highest BCUT2D eigenvalue weighted by molar-refractivity contribution is 5.61. The number of phenolic OH excluding ortho intramolecular Hbond substituents is 2. The molecular weight excluding hydrogens is 200 g/mol. The van der Waals surface area contributed by atoms with Crippen LogP contribution >= 0.6 is 0 Å². The molecule has 15 heavy (non-hydrogen) atoms. The summed E-state index contributed by atoms with van der Waals surface area (Å²) in [6.07, 6.45) is -0.597. The normalized spacial score (nSPS) is 18.5. The maximum atomic E-state index is 10.0. The van der Waals surface area contributed by atoms with Crippen LogP contribution in [0.25, 0.3) is 0 Å². The van der Waals surface area contributed by atoms with Gasteiger partial charge in [0.2, 0.25) is 0 Å². The molecule has 1 aromatic carbocycles. The Morgan fingerprint density at radius 1 is 1.20 bits per heavy atom. The van der Waals surface area contributed by atoms with Crippen molar-refractivity contribution in [3.8, 4) is 11.5 Å². The van der Waals surface area contributed by atoms with Crippen LogP contribution < -0.4 is 0 Å². The molecule has 0 aromatic heterocycles. The van der Waals surface area contributed by atoms with E-state index in [4.69, 9.17) is 10.2 Å². The molecule has 1 aliphatic heterocycles. The van der Waals surface area contributed by atoms with Crippen molar-refractivity contribution in [3.05, 3.63) is 24.3 Å². The number of aromatic hydroxyl groups is 2. The zero-order valence-electron chi connectivity index (χ0n) is 8.21. The second-order valence-electron chi connectivity index (χ2n) is 3.01. The zero-order chi connectivity index (χ0) is 11.3. The van der Waals surface area contributed by atoms with Crippen molar-refractivity contribution >= 4 is 6.16 Å². The van der Waals surface area contributed by atoms with Crippen LogP contribution in [0.15, 0.2) is 24.3 Å². The molecule has 2 N–H and O–H groups in total. The summed E-state index contributed by atoms with van der Waals surface area (Å²) in [6, 6.07) is 5.70. The van der Waals surface area contributed by atoms with Gasteiger partial charge in [0.1, 0.15) is 24.2 Å². The summed E-state index contributed by atoms with van der Waals surface area (Å²) in [5.41, 5.74) is 0.